The zero-order valence-electron chi connectivity index (χ0n) is 20.1. The van der Waals surface area contributed by atoms with Crippen molar-refractivity contribution in [3.63, 3.8) is 0 Å². The van der Waals surface area contributed by atoms with E-state index in [-0.39, 0.29) is 5.91 Å². The van der Waals surface area contributed by atoms with Crippen LogP contribution in [0.15, 0.2) is 89.8 Å². The van der Waals surface area contributed by atoms with Gasteiger partial charge in [-0.25, -0.2) is 0 Å². The number of pyridine rings is 1. The van der Waals surface area contributed by atoms with Crippen LogP contribution in [-0.4, -0.2) is 53.4 Å². The molecule has 0 N–H and O–H groups in total. The quantitative estimate of drug-likeness (QED) is 0.341. The van der Waals surface area contributed by atoms with Gasteiger partial charge in [0.05, 0.1) is 11.1 Å². The first-order valence-corrected chi connectivity index (χ1v) is 13.6. The van der Waals surface area contributed by atoms with Crippen LogP contribution in [0.25, 0.3) is 10.9 Å². The smallest absolute Gasteiger partial charge is 0.256 e. The molecule has 0 saturated carbocycles. The molecular weight excluding hydrogens is 450 g/mol. The Balaban J connectivity index is 0.000000453. The lowest BCUT2D eigenvalue weighted by Gasteiger charge is -2.33. The van der Waals surface area contributed by atoms with Crippen molar-refractivity contribution in [3.8, 4) is 0 Å². The van der Waals surface area contributed by atoms with E-state index < -0.39 is 0 Å². The Hall–Kier alpha value is -3.02. The van der Waals surface area contributed by atoms with Gasteiger partial charge in [0.15, 0.2) is 0 Å². The van der Waals surface area contributed by atoms with Gasteiger partial charge in [0.1, 0.15) is 0 Å². The van der Waals surface area contributed by atoms with Gasteiger partial charge in [0.25, 0.3) is 5.91 Å². The topological polar surface area (TPSA) is 36.4 Å². The lowest BCUT2D eigenvalue weighted by Crippen LogP contribution is -2.37. The summed E-state index contributed by atoms with van der Waals surface area (Å²) in [6, 6.07) is 24.8. The van der Waals surface area contributed by atoms with Crippen LogP contribution in [0.4, 0.5) is 0 Å². The molecule has 0 spiro atoms. The number of aromatic nitrogens is 1. The lowest BCUT2D eigenvalue weighted by atomic mass is 9.89. The number of fused-ring (bicyclic) bond motifs is 1. The number of carbonyl (C=O) groups excluding carboxylic acids is 1. The molecular formula is C30H33N3OS. The van der Waals surface area contributed by atoms with E-state index in [1.807, 2.05) is 58.1 Å². The van der Waals surface area contributed by atoms with Crippen LogP contribution in [0, 0.1) is 5.92 Å². The molecule has 4 aromatic rings. The number of rotatable bonds is 4. The minimum atomic E-state index is 0.129. The number of para-hydroxylation sites is 1. The van der Waals surface area contributed by atoms with Gasteiger partial charge in [-0.15, -0.1) is 0 Å². The Morgan fingerprint density at radius 1 is 0.857 bits per heavy atom. The summed E-state index contributed by atoms with van der Waals surface area (Å²) >= 11 is 1.71. The van der Waals surface area contributed by atoms with E-state index in [1.165, 1.54) is 18.4 Å². The number of thiophene rings is 1. The first kappa shape index (κ1) is 23.7. The van der Waals surface area contributed by atoms with Crippen LogP contribution in [0.5, 0.6) is 0 Å². The molecule has 6 rings (SSSR count). The molecule has 4 nitrogen and oxygen atoms in total. The second-order valence-corrected chi connectivity index (χ2v) is 10.4. The molecule has 2 aliphatic heterocycles. The maximum Gasteiger partial charge on any atom is 0.256 e. The molecule has 0 bridgehead atoms. The fraction of sp³-hybridized carbons (Fsp3) is 0.333. The van der Waals surface area contributed by atoms with Crippen LogP contribution >= 0.6 is 11.3 Å². The highest BCUT2D eigenvalue weighted by molar-refractivity contribution is 7.07. The van der Waals surface area contributed by atoms with Crippen molar-refractivity contribution in [2.24, 2.45) is 5.92 Å². The minimum Gasteiger partial charge on any atom is -0.338 e. The summed E-state index contributed by atoms with van der Waals surface area (Å²) in [6.45, 7) is 5.15. The fourth-order valence-corrected chi connectivity index (χ4v) is 5.83. The molecule has 1 unspecified atom stereocenters. The Morgan fingerprint density at radius 2 is 1.63 bits per heavy atom. The molecule has 0 radical (unpaired) electrons. The molecule has 180 valence electrons. The number of piperidine rings is 1. The average Bonchev–Trinajstić information content (AvgIpc) is 3.65. The predicted molar refractivity (Wildman–Crippen MR) is 145 cm³/mol. The molecule has 1 amide bonds. The van der Waals surface area contributed by atoms with Crippen LogP contribution in [-0.2, 0) is 0 Å². The summed E-state index contributed by atoms with van der Waals surface area (Å²) in [7, 11) is 0. The van der Waals surface area contributed by atoms with Gasteiger partial charge in [-0.3, -0.25) is 9.78 Å². The van der Waals surface area contributed by atoms with Gasteiger partial charge >= 0.3 is 0 Å². The van der Waals surface area contributed by atoms with Crippen LogP contribution in [0.3, 0.4) is 0 Å². The predicted octanol–water partition coefficient (Wildman–Crippen LogP) is 6.32. The molecule has 35 heavy (non-hydrogen) atoms. The normalized spacial score (nSPS) is 18.9. The van der Waals surface area contributed by atoms with Crippen molar-refractivity contribution in [1.82, 2.24) is 14.8 Å². The van der Waals surface area contributed by atoms with E-state index in [4.69, 9.17) is 0 Å². The molecule has 2 saturated heterocycles. The number of amides is 1. The van der Waals surface area contributed by atoms with Gasteiger partial charge in [-0.05, 0) is 72.6 Å². The first-order chi connectivity index (χ1) is 17.3. The standard InChI is InChI=1S/C26H29N3O.C4H4S/c30-26(24-10-4-8-23-9-5-14-27-25(23)24)29-17-11-20(19-29)18-28-15-12-22(13-16-28)21-6-2-1-3-7-21;1-2-4-5-3-1/h1-10,14,20,22H,11-13,15-19H2;1-4H. The Kier molecular flexibility index (Phi) is 7.86. The monoisotopic (exact) mass is 483 g/mol. The van der Waals surface area contributed by atoms with E-state index in [2.05, 4.69) is 40.2 Å². The fourth-order valence-electron chi connectivity index (χ4n) is 5.38. The van der Waals surface area contributed by atoms with E-state index in [0.29, 0.717) is 11.8 Å². The molecule has 2 aliphatic rings. The molecule has 4 heterocycles. The van der Waals surface area contributed by atoms with E-state index in [0.717, 1.165) is 55.6 Å². The van der Waals surface area contributed by atoms with E-state index in [9.17, 15) is 4.79 Å². The van der Waals surface area contributed by atoms with Crippen molar-refractivity contribution in [2.45, 2.75) is 25.2 Å². The van der Waals surface area contributed by atoms with Gasteiger partial charge in [-0.2, -0.15) is 11.3 Å². The lowest BCUT2D eigenvalue weighted by molar-refractivity contribution is 0.0783. The first-order valence-electron chi connectivity index (χ1n) is 12.7. The third-order valence-electron chi connectivity index (χ3n) is 7.24. The number of nitrogens with zero attached hydrogens (tertiary/aromatic N) is 3. The maximum atomic E-state index is 13.2. The molecule has 2 aromatic carbocycles. The van der Waals surface area contributed by atoms with E-state index >= 15 is 0 Å². The largest absolute Gasteiger partial charge is 0.338 e. The summed E-state index contributed by atoms with van der Waals surface area (Å²) in [6.07, 6.45) is 5.34. The second kappa shape index (κ2) is 11.6. The van der Waals surface area contributed by atoms with Gasteiger partial charge in [0.2, 0.25) is 0 Å². The summed E-state index contributed by atoms with van der Waals surface area (Å²) < 4.78 is 0. The van der Waals surface area contributed by atoms with Gasteiger partial charge in [-0.1, -0.05) is 60.7 Å². The van der Waals surface area contributed by atoms with Crippen LogP contribution in [0.2, 0.25) is 0 Å². The molecule has 2 aromatic heterocycles. The summed E-state index contributed by atoms with van der Waals surface area (Å²) in [5.41, 5.74) is 3.03. The van der Waals surface area contributed by atoms with Crippen LogP contribution in [0.1, 0.15) is 41.1 Å². The maximum absolute atomic E-state index is 13.2. The average molecular weight is 484 g/mol. The second-order valence-electron chi connectivity index (χ2n) is 9.57. The number of hydrogen-bond acceptors (Lipinski definition) is 4. The Morgan fingerprint density at radius 3 is 2.37 bits per heavy atom. The van der Waals surface area contributed by atoms with Crippen molar-refractivity contribution in [2.75, 3.05) is 32.7 Å². The zero-order chi connectivity index (χ0) is 23.9. The summed E-state index contributed by atoms with van der Waals surface area (Å²) in [4.78, 5) is 22.3. The van der Waals surface area contributed by atoms with E-state index in [1.54, 1.807) is 17.5 Å². The van der Waals surface area contributed by atoms with Gasteiger partial charge in [0, 0.05) is 31.2 Å². The summed E-state index contributed by atoms with van der Waals surface area (Å²) in [5.74, 6) is 1.40. The number of hydrogen-bond donors (Lipinski definition) is 0. The molecule has 1 atom stereocenters. The third-order valence-corrected chi connectivity index (χ3v) is 7.87. The zero-order valence-corrected chi connectivity index (χ0v) is 20.9. The Labute approximate surface area is 212 Å². The van der Waals surface area contributed by atoms with Crippen molar-refractivity contribution in [3.05, 3.63) is 101 Å². The number of likely N-dealkylation sites (tertiary alicyclic amines) is 2. The van der Waals surface area contributed by atoms with Gasteiger partial charge < -0.3 is 9.80 Å². The number of carbonyl (C=O) groups is 1. The van der Waals surface area contributed by atoms with Crippen LogP contribution < -0.4 is 0 Å². The minimum absolute atomic E-state index is 0.129. The van der Waals surface area contributed by atoms with Crippen molar-refractivity contribution >= 4 is 28.1 Å². The van der Waals surface area contributed by atoms with Crippen molar-refractivity contribution < 1.29 is 4.79 Å². The molecule has 0 aliphatic carbocycles. The highest BCUT2D eigenvalue weighted by atomic mass is 32.1. The third kappa shape index (κ3) is 5.98. The SMILES string of the molecule is O=C(c1cccc2cccnc12)N1CCC(CN2CCC(c3ccccc3)CC2)C1.c1ccsc1. The molecule has 2 fully saturated rings. The number of benzene rings is 2. The Bertz CT molecular complexity index is 1180. The summed E-state index contributed by atoms with van der Waals surface area (Å²) in [5, 5.41) is 5.11. The highest BCUT2D eigenvalue weighted by Crippen LogP contribution is 2.29. The molecule has 5 heteroatoms. The highest BCUT2D eigenvalue weighted by Gasteiger charge is 2.30. The van der Waals surface area contributed by atoms with Crippen molar-refractivity contribution in [1.29, 1.82) is 0 Å².